The van der Waals surface area contributed by atoms with Crippen molar-refractivity contribution in [3.63, 3.8) is 0 Å². The Labute approximate surface area is 106 Å². The molecule has 6 heteroatoms. The highest BCUT2D eigenvalue weighted by Gasteiger charge is 2.23. The van der Waals surface area contributed by atoms with E-state index in [9.17, 15) is 0 Å². The van der Waals surface area contributed by atoms with E-state index in [1.807, 2.05) is 0 Å². The Morgan fingerprint density at radius 2 is 1.24 bits per heavy atom. The van der Waals surface area contributed by atoms with Gasteiger partial charge in [-0.3, -0.25) is 0 Å². The molecule has 3 heterocycles. The molecule has 3 atom stereocenters. The van der Waals surface area contributed by atoms with Gasteiger partial charge in [0.25, 0.3) is 0 Å². The molecule has 0 saturated carbocycles. The zero-order valence-corrected chi connectivity index (χ0v) is 10.6. The van der Waals surface area contributed by atoms with Crippen molar-refractivity contribution in [3.8, 4) is 0 Å². The highest BCUT2D eigenvalue weighted by Crippen LogP contribution is 2.09. The molecule has 17 heavy (non-hydrogen) atoms. The number of epoxide rings is 3. The molecule has 0 N–H and O–H groups in total. The Kier molecular flexibility index (Phi) is 5.97. The lowest BCUT2D eigenvalue weighted by atomic mass is 10.5. The summed E-state index contributed by atoms with van der Waals surface area (Å²) in [6, 6.07) is 0. The summed E-state index contributed by atoms with van der Waals surface area (Å²) in [4.78, 5) is 0. The molecular formula is C11H19ClO5. The van der Waals surface area contributed by atoms with E-state index in [1.54, 1.807) is 0 Å². The molecule has 3 rings (SSSR count). The van der Waals surface area contributed by atoms with Crippen LogP contribution in [0.3, 0.4) is 0 Å². The van der Waals surface area contributed by atoms with Gasteiger partial charge in [0.2, 0.25) is 0 Å². The van der Waals surface area contributed by atoms with Gasteiger partial charge >= 0.3 is 0 Å². The van der Waals surface area contributed by atoms with Gasteiger partial charge in [-0.2, -0.15) is 0 Å². The summed E-state index contributed by atoms with van der Waals surface area (Å²) in [7, 11) is 0. The third kappa shape index (κ3) is 7.91. The first kappa shape index (κ1) is 13.5. The van der Waals surface area contributed by atoms with E-state index in [2.05, 4.69) is 0 Å². The van der Waals surface area contributed by atoms with Gasteiger partial charge in [0, 0.05) is 0 Å². The first-order valence-electron chi connectivity index (χ1n) is 5.94. The summed E-state index contributed by atoms with van der Waals surface area (Å²) in [5.74, 6) is 0.667. The van der Waals surface area contributed by atoms with E-state index in [4.69, 9.17) is 35.3 Å². The van der Waals surface area contributed by atoms with E-state index in [0.29, 0.717) is 50.6 Å². The monoisotopic (exact) mass is 266 g/mol. The molecule has 3 aliphatic heterocycles. The van der Waals surface area contributed by atoms with Gasteiger partial charge in [-0.15, -0.1) is 11.6 Å². The minimum atomic E-state index is 0.358. The van der Waals surface area contributed by atoms with Crippen LogP contribution in [0.4, 0.5) is 0 Å². The molecule has 0 bridgehead atoms. The van der Waals surface area contributed by atoms with Crippen LogP contribution in [-0.4, -0.2) is 70.4 Å². The molecule has 3 unspecified atom stereocenters. The zero-order valence-electron chi connectivity index (χ0n) is 9.81. The largest absolute Gasteiger partial charge is 0.376 e. The number of hydrogen-bond donors (Lipinski definition) is 0. The molecule has 0 aromatic carbocycles. The van der Waals surface area contributed by atoms with Gasteiger partial charge in [0.05, 0.1) is 58.2 Å². The normalized spacial score (nSPS) is 32.6. The standard InChI is InChI=1S/C8H14O4.C3H5ClO/c1(9-3-7-5-11-7)2-10-4-8-6-12-8;4-1-3-2-5-3/h7-8H,1-6H2;3H,1-2H2. The Morgan fingerprint density at radius 3 is 1.47 bits per heavy atom. The van der Waals surface area contributed by atoms with Crippen LogP contribution >= 0.6 is 11.6 Å². The Morgan fingerprint density at radius 1 is 0.824 bits per heavy atom. The average molecular weight is 267 g/mol. The molecule has 0 aromatic heterocycles. The van der Waals surface area contributed by atoms with Crippen LogP contribution in [-0.2, 0) is 23.7 Å². The second-order valence-corrected chi connectivity index (χ2v) is 4.48. The van der Waals surface area contributed by atoms with Crippen LogP contribution in [0.5, 0.6) is 0 Å². The number of ether oxygens (including phenoxy) is 5. The highest BCUT2D eigenvalue weighted by molar-refractivity contribution is 6.18. The fourth-order valence-corrected chi connectivity index (χ4v) is 1.21. The zero-order chi connectivity index (χ0) is 11.9. The molecule has 3 saturated heterocycles. The maximum Gasteiger partial charge on any atom is 0.104 e. The molecular weight excluding hydrogens is 248 g/mol. The summed E-state index contributed by atoms with van der Waals surface area (Å²) in [5, 5.41) is 0. The highest BCUT2D eigenvalue weighted by atomic mass is 35.5. The van der Waals surface area contributed by atoms with Crippen LogP contribution in [0.1, 0.15) is 0 Å². The van der Waals surface area contributed by atoms with E-state index >= 15 is 0 Å². The smallest absolute Gasteiger partial charge is 0.104 e. The van der Waals surface area contributed by atoms with Crippen molar-refractivity contribution in [2.24, 2.45) is 0 Å². The molecule has 100 valence electrons. The van der Waals surface area contributed by atoms with Crippen LogP contribution in [0, 0.1) is 0 Å². The third-order valence-electron chi connectivity index (χ3n) is 2.36. The van der Waals surface area contributed by atoms with E-state index < -0.39 is 0 Å². The Balaban J connectivity index is 0.000000181. The predicted octanol–water partition coefficient (Wildman–Crippen LogP) is 0.441. The minimum Gasteiger partial charge on any atom is -0.376 e. The number of halogens is 1. The van der Waals surface area contributed by atoms with Crippen LogP contribution < -0.4 is 0 Å². The summed E-state index contributed by atoms with van der Waals surface area (Å²) in [5.41, 5.74) is 0. The van der Waals surface area contributed by atoms with Crippen LogP contribution in [0.2, 0.25) is 0 Å². The quantitative estimate of drug-likeness (QED) is 0.363. The molecule has 0 aromatic rings. The van der Waals surface area contributed by atoms with Gasteiger partial charge in [-0.05, 0) is 0 Å². The maximum absolute atomic E-state index is 5.27. The average Bonchev–Trinajstić information content (AvgIpc) is 3.15. The van der Waals surface area contributed by atoms with Crippen molar-refractivity contribution in [2.45, 2.75) is 18.3 Å². The summed E-state index contributed by atoms with van der Waals surface area (Å²) >= 11 is 5.27. The maximum atomic E-state index is 5.27. The minimum absolute atomic E-state index is 0.358. The molecule has 0 aliphatic carbocycles. The van der Waals surface area contributed by atoms with E-state index in [0.717, 1.165) is 19.8 Å². The van der Waals surface area contributed by atoms with Crippen molar-refractivity contribution >= 4 is 11.6 Å². The topological polar surface area (TPSA) is 56.0 Å². The number of alkyl halides is 1. The Hall–Kier alpha value is 0.0900. The second-order valence-electron chi connectivity index (χ2n) is 4.17. The first-order chi connectivity index (χ1) is 8.38. The summed E-state index contributed by atoms with van der Waals surface area (Å²) in [6.07, 6.45) is 1.12. The lowest BCUT2D eigenvalue weighted by Crippen LogP contribution is -2.10. The van der Waals surface area contributed by atoms with Crippen molar-refractivity contribution in [2.75, 3.05) is 52.1 Å². The number of hydrogen-bond acceptors (Lipinski definition) is 5. The molecule has 5 nitrogen and oxygen atoms in total. The summed E-state index contributed by atoms with van der Waals surface area (Å²) < 4.78 is 25.2. The summed E-state index contributed by atoms with van der Waals surface area (Å²) in [6.45, 7) is 5.34. The molecule has 0 spiro atoms. The van der Waals surface area contributed by atoms with Gasteiger partial charge in [0.1, 0.15) is 12.2 Å². The van der Waals surface area contributed by atoms with Crippen molar-refractivity contribution in [3.05, 3.63) is 0 Å². The van der Waals surface area contributed by atoms with Crippen LogP contribution in [0.25, 0.3) is 0 Å². The van der Waals surface area contributed by atoms with E-state index in [1.165, 1.54) is 0 Å². The van der Waals surface area contributed by atoms with Crippen molar-refractivity contribution < 1.29 is 23.7 Å². The Bertz CT molecular complexity index is 188. The second kappa shape index (κ2) is 7.51. The molecule has 3 fully saturated rings. The van der Waals surface area contributed by atoms with Gasteiger partial charge in [-0.1, -0.05) is 0 Å². The fraction of sp³-hybridized carbons (Fsp3) is 1.00. The van der Waals surface area contributed by atoms with Gasteiger partial charge < -0.3 is 23.7 Å². The number of rotatable bonds is 8. The van der Waals surface area contributed by atoms with Gasteiger partial charge in [-0.25, -0.2) is 0 Å². The molecule has 0 radical (unpaired) electrons. The van der Waals surface area contributed by atoms with Crippen molar-refractivity contribution in [1.82, 2.24) is 0 Å². The van der Waals surface area contributed by atoms with E-state index in [-0.39, 0.29) is 0 Å². The SMILES string of the molecule is C(COCC1CO1)OCC1CO1.ClCC1CO1. The van der Waals surface area contributed by atoms with Crippen LogP contribution in [0.15, 0.2) is 0 Å². The van der Waals surface area contributed by atoms with Crippen molar-refractivity contribution in [1.29, 1.82) is 0 Å². The lowest BCUT2D eigenvalue weighted by molar-refractivity contribution is 0.0366. The fourth-order valence-electron chi connectivity index (χ4n) is 1.03. The first-order valence-corrected chi connectivity index (χ1v) is 6.48. The van der Waals surface area contributed by atoms with Gasteiger partial charge in [0.15, 0.2) is 0 Å². The predicted molar refractivity (Wildman–Crippen MR) is 61.6 cm³/mol. The lowest BCUT2D eigenvalue weighted by Gasteiger charge is -2.02. The molecule has 0 amide bonds. The third-order valence-corrected chi connectivity index (χ3v) is 2.70. The molecule has 3 aliphatic rings.